The molecule has 19 heavy (non-hydrogen) atoms. The largest absolute Gasteiger partial charge is 0.496 e. The third-order valence-electron chi connectivity index (χ3n) is 4.41. The maximum Gasteiger partial charge on any atom is 0.123 e. The van der Waals surface area contributed by atoms with Gasteiger partial charge in [0.2, 0.25) is 0 Å². The van der Waals surface area contributed by atoms with Crippen molar-refractivity contribution in [2.75, 3.05) is 13.7 Å². The molecule has 0 spiro atoms. The molecule has 1 fully saturated rings. The standard InChI is InChI=1S/C16H25NO2/c1-12-5-4-8-17(13(12)2)10-15-9-14(11-18)6-7-16(15)19-3/h6-7,9,12-13,18H,4-5,8,10-11H2,1-3H3. The Morgan fingerprint density at radius 3 is 2.84 bits per heavy atom. The number of hydrogen-bond donors (Lipinski definition) is 1. The van der Waals surface area contributed by atoms with Crippen LogP contribution in [0.4, 0.5) is 0 Å². The van der Waals surface area contributed by atoms with Gasteiger partial charge in [-0.15, -0.1) is 0 Å². The predicted molar refractivity (Wildman–Crippen MR) is 77.2 cm³/mol. The minimum absolute atomic E-state index is 0.0863. The van der Waals surface area contributed by atoms with Crippen molar-refractivity contribution in [3.8, 4) is 5.75 Å². The number of benzene rings is 1. The van der Waals surface area contributed by atoms with Crippen molar-refractivity contribution in [2.24, 2.45) is 5.92 Å². The lowest BCUT2D eigenvalue weighted by Gasteiger charge is -2.38. The van der Waals surface area contributed by atoms with E-state index in [4.69, 9.17) is 4.74 Å². The number of methoxy groups -OCH3 is 1. The van der Waals surface area contributed by atoms with Crippen molar-refractivity contribution in [1.82, 2.24) is 4.90 Å². The van der Waals surface area contributed by atoms with Crippen molar-refractivity contribution in [1.29, 1.82) is 0 Å². The van der Waals surface area contributed by atoms with Crippen molar-refractivity contribution in [3.05, 3.63) is 29.3 Å². The number of piperidine rings is 1. The fraction of sp³-hybridized carbons (Fsp3) is 0.625. The average molecular weight is 263 g/mol. The zero-order chi connectivity index (χ0) is 13.8. The molecule has 2 atom stereocenters. The number of rotatable bonds is 4. The lowest BCUT2D eigenvalue weighted by atomic mass is 9.91. The summed E-state index contributed by atoms with van der Waals surface area (Å²) in [6, 6.07) is 6.55. The summed E-state index contributed by atoms with van der Waals surface area (Å²) < 4.78 is 5.44. The second kappa shape index (κ2) is 6.40. The van der Waals surface area contributed by atoms with Crippen LogP contribution in [0.1, 0.15) is 37.8 Å². The molecule has 1 aliphatic rings. The fourth-order valence-corrected chi connectivity index (χ4v) is 2.92. The third kappa shape index (κ3) is 3.28. The van der Waals surface area contributed by atoms with Gasteiger partial charge in [-0.25, -0.2) is 0 Å². The van der Waals surface area contributed by atoms with E-state index in [-0.39, 0.29) is 6.61 Å². The Labute approximate surface area is 116 Å². The van der Waals surface area contributed by atoms with Gasteiger partial charge in [-0.3, -0.25) is 4.90 Å². The van der Waals surface area contributed by atoms with E-state index in [0.29, 0.717) is 6.04 Å². The van der Waals surface area contributed by atoms with Crippen LogP contribution in [-0.4, -0.2) is 29.7 Å². The van der Waals surface area contributed by atoms with Crippen LogP contribution < -0.4 is 4.74 Å². The summed E-state index contributed by atoms with van der Waals surface area (Å²) in [5.41, 5.74) is 2.13. The third-order valence-corrected chi connectivity index (χ3v) is 4.41. The number of hydrogen-bond acceptors (Lipinski definition) is 3. The summed E-state index contributed by atoms with van der Waals surface area (Å²) in [5, 5.41) is 9.27. The quantitative estimate of drug-likeness (QED) is 0.906. The Morgan fingerprint density at radius 1 is 1.37 bits per heavy atom. The van der Waals surface area contributed by atoms with Crippen LogP contribution in [0.5, 0.6) is 5.75 Å². The highest BCUT2D eigenvalue weighted by Crippen LogP contribution is 2.28. The molecule has 0 radical (unpaired) electrons. The SMILES string of the molecule is COc1ccc(CO)cc1CN1CCCC(C)C1C. The minimum atomic E-state index is 0.0863. The zero-order valence-electron chi connectivity index (χ0n) is 12.2. The van der Waals surface area contributed by atoms with E-state index in [1.54, 1.807) is 7.11 Å². The number of aliphatic hydroxyl groups is 1. The summed E-state index contributed by atoms with van der Waals surface area (Å²) in [7, 11) is 1.71. The van der Waals surface area contributed by atoms with E-state index in [9.17, 15) is 5.11 Å². The normalized spacial score (nSPS) is 24.4. The van der Waals surface area contributed by atoms with Crippen LogP contribution in [0.25, 0.3) is 0 Å². The van der Waals surface area contributed by atoms with E-state index in [1.807, 2.05) is 12.1 Å². The molecule has 1 aromatic rings. The highest BCUT2D eigenvalue weighted by Gasteiger charge is 2.25. The second-order valence-corrected chi connectivity index (χ2v) is 5.63. The molecule has 3 nitrogen and oxygen atoms in total. The Hall–Kier alpha value is -1.06. The Morgan fingerprint density at radius 2 is 2.16 bits per heavy atom. The van der Waals surface area contributed by atoms with E-state index >= 15 is 0 Å². The molecule has 3 heteroatoms. The maximum absolute atomic E-state index is 9.27. The molecule has 1 aromatic carbocycles. The first kappa shape index (κ1) is 14.4. The van der Waals surface area contributed by atoms with Gasteiger partial charge in [-0.05, 0) is 49.9 Å². The molecule has 0 amide bonds. The van der Waals surface area contributed by atoms with Crippen LogP contribution in [0.2, 0.25) is 0 Å². The van der Waals surface area contributed by atoms with Gasteiger partial charge in [-0.1, -0.05) is 13.0 Å². The predicted octanol–water partition coefficient (Wildman–Crippen LogP) is 2.81. The summed E-state index contributed by atoms with van der Waals surface area (Å²) in [6.45, 7) is 6.79. The van der Waals surface area contributed by atoms with Crippen LogP contribution in [0.15, 0.2) is 18.2 Å². The van der Waals surface area contributed by atoms with Gasteiger partial charge in [0.1, 0.15) is 5.75 Å². The first-order valence-electron chi connectivity index (χ1n) is 7.16. The Kier molecular flexibility index (Phi) is 4.83. The van der Waals surface area contributed by atoms with Crippen LogP contribution in [0, 0.1) is 5.92 Å². The molecule has 2 unspecified atom stereocenters. The molecule has 2 rings (SSSR count). The number of likely N-dealkylation sites (tertiary alicyclic amines) is 1. The van der Waals surface area contributed by atoms with E-state index in [1.165, 1.54) is 18.4 Å². The lowest BCUT2D eigenvalue weighted by Crippen LogP contribution is -2.41. The number of ether oxygens (including phenoxy) is 1. The Balaban J connectivity index is 2.17. The van der Waals surface area contributed by atoms with Gasteiger partial charge in [-0.2, -0.15) is 0 Å². The fourth-order valence-electron chi connectivity index (χ4n) is 2.92. The van der Waals surface area contributed by atoms with Crippen molar-refractivity contribution in [2.45, 2.75) is 45.9 Å². The molecule has 1 heterocycles. The maximum atomic E-state index is 9.27. The van der Waals surface area contributed by atoms with Crippen molar-refractivity contribution in [3.63, 3.8) is 0 Å². The minimum Gasteiger partial charge on any atom is -0.496 e. The molecule has 106 valence electrons. The molecule has 0 saturated carbocycles. The topological polar surface area (TPSA) is 32.7 Å². The van der Waals surface area contributed by atoms with Gasteiger partial charge in [0.15, 0.2) is 0 Å². The molecule has 1 N–H and O–H groups in total. The van der Waals surface area contributed by atoms with Gasteiger partial charge >= 0.3 is 0 Å². The molecule has 0 aliphatic carbocycles. The summed E-state index contributed by atoms with van der Waals surface area (Å²) in [6.07, 6.45) is 2.60. The van der Waals surface area contributed by atoms with Gasteiger partial charge < -0.3 is 9.84 Å². The first-order valence-corrected chi connectivity index (χ1v) is 7.16. The smallest absolute Gasteiger partial charge is 0.123 e. The molecule has 0 aromatic heterocycles. The second-order valence-electron chi connectivity index (χ2n) is 5.63. The van der Waals surface area contributed by atoms with Crippen LogP contribution in [-0.2, 0) is 13.2 Å². The molecule has 1 aliphatic heterocycles. The lowest BCUT2D eigenvalue weighted by molar-refractivity contribution is 0.105. The first-order chi connectivity index (χ1) is 9.15. The van der Waals surface area contributed by atoms with Crippen molar-refractivity contribution < 1.29 is 9.84 Å². The summed E-state index contributed by atoms with van der Waals surface area (Å²) in [5.74, 6) is 1.67. The molecule has 0 bridgehead atoms. The zero-order valence-corrected chi connectivity index (χ0v) is 12.2. The van der Waals surface area contributed by atoms with E-state index < -0.39 is 0 Å². The Bertz CT molecular complexity index is 419. The van der Waals surface area contributed by atoms with E-state index in [2.05, 4.69) is 24.8 Å². The molecular weight excluding hydrogens is 238 g/mol. The highest BCUT2D eigenvalue weighted by atomic mass is 16.5. The summed E-state index contributed by atoms with van der Waals surface area (Å²) in [4.78, 5) is 2.52. The summed E-state index contributed by atoms with van der Waals surface area (Å²) >= 11 is 0. The van der Waals surface area contributed by atoms with Gasteiger partial charge in [0, 0.05) is 18.2 Å². The monoisotopic (exact) mass is 263 g/mol. The van der Waals surface area contributed by atoms with Crippen LogP contribution >= 0.6 is 0 Å². The molecular formula is C16H25NO2. The van der Waals surface area contributed by atoms with Gasteiger partial charge in [0.05, 0.1) is 13.7 Å². The van der Waals surface area contributed by atoms with Crippen molar-refractivity contribution >= 4 is 0 Å². The van der Waals surface area contributed by atoms with Crippen LogP contribution in [0.3, 0.4) is 0 Å². The van der Waals surface area contributed by atoms with Gasteiger partial charge in [0.25, 0.3) is 0 Å². The number of nitrogens with zero attached hydrogens (tertiary/aromatic N) is 1. The average Bonchev–Trinajstić information content (AvgIpc) is 2.43. The molecule has 1 saturated heterocycles. The number of aliphatic hydroxyl groups excluding tert-OH is 1. The van der Waals surface area contributed by atoms with E-state index in [0.717, 1.165) is 30.3 Å². The highest BCUT2D eigenvalue weighted by molar-refractivity contribution is 5.37.